The summed E-state index contributed by atoms with van der Waals surface area (Å²) >= 11 is 6.02. The van der Waals surface area contributed by atoms with Gasteiger partial charge in [-0.05, 0) is 43.7 Å². The molecule has 0 bridgehead atoms. The summed E-state index contributed by atoms with van der Waals surface area (Å²) in [6, 6.07) is 13.6. The summed E-state index contributed by atoms with van der Waals surface area (Å²) in [6.45, 7) is 4.00. The number of hydrogen-bond donors (Lipinski definition) is 3. The highest BCUT2D eigenvalue weighted by Gasteiger charge is 2.15. The summed E-state index contributed by atoms with van der Waals surface area (Å²) in [7, 11) is 1.56. The van der Waals surface area contributed by atoms with Crippen LogP contribution in [-0.2, 0) is 11.3 Å². The highest BCUT2D eigenvalue weighted by Crippen LogP contribution is 2.20. The number of urea groups is 1. The van der Waals surface area contributed by atoms with E-state index in [1.807, 2.05) is 13.8 Å². The molecule has 0 spiro atoms. The number of hydrogen-bond acceptors (Lipinski definition) is 3. The lowest BCUT2D eigenvalue weighted by molar-refractivity contribution is -0.116. The number of likely N-dealkylation sites (N-methyl/N-ethyl adjacent to an activating group) is 1. The summed E-state index contributed by atoms with van der Waals surface area (Å²) in [4.78, 5) is 37.7. The number of nitrogens with one attached hydrogen (secondary N) is 3. The minimum absolute atomic E-state index is 0.0562. The minimum Gasteiger partial charge on any atom is -0.336 e. The number of halogens is 1. The summed E-state index contributed by atoms with van der Waals surface area (Å²) in [5.74, 6) is -0.623. The lowest BCUT2D eigenvalue weighted by Crippen LogP contribution is -2.39. The van der Waals surface area contributed by atoms with Gasteiger partial charge in [0.1, 0.15) is 0 Å². The first kappa shape index (κ1) is 22.2. The largest absolute Gasteiger partial charge is 0.336 e. The maximum Gasteiger partial charge on any atom is 0.315 e. The fourth-order valence-corrected chi connectivity index (χ4v) is 2.70. The first-order valence-corrected chi connectivity index (χ1v) is 9.57. The molecule has 0 heterocycles. The molecule has 2 aromatic carbocycles. The smallest absolute Gasteiger partial charge is 0.315 e. The highest BCUT2D eigenvalue weighted by atomic mass is 35.5. The molecule has 0 aliphatic rings. The van der Waals surface area contributed by atoms with Gasteiger partial charge in [0, 0.05) is 25.2 Å². The van der Waals surface area contributed by atoms with E-state index in [0.29, 0.717) is 22.8 Å². The summed E-state index contributed by atoms with van der Waals surface area (Å²) < 4.78 is 0. The number of rotatable bonds is 7. The maximum atomic E-state index is 12.5. The van der Waals surface area contributed by atoms with Gasteiger partial charge in [0.25, 0.3) is 5.91 Å². The van der Waals surface area contributed by atoms with Crippen molar-refractivity contribution in [1.82, 2.24) is 15.5 Å². The zero-order valence-electron chi connectivity index (χ0n) is 16.7. The van der Waals surface area contributed by atoms with Gasteiger partial charge in [-0.3, -0.25) is 9.59 Å². The van der Waals surface area contributed by atoms with Crippen LogP contribution in [0.3, 0.4) is 0 Å². The molecule has 0 unspecified atom stereocenters. The van der Waals surface area contributed by atoms with Crippen LogP contribution >= 0.6 is 11.6 Å². The van der Waals surface area contributed by atoms with Crippen LogP contribution in [0.5, 0.6) is 0 Å². The van der Waals surface area contributed by atoms with E-state index < -0.39 is 0 Å². The van der Waals surface area contributed by atoms with Crippen LogP contribution in [0.2, 0.25) is 5.02 Å². The third-order valence-electron chi connectivity index (χ3n) is 3.95. The molecule has 0 saturated carbocycles. The Morgan fingerprint density at radius 2 is 1.69 bits per heavy atom. The summed E-state index contributed by atoms with van der Waals surface area (Å²) in [5, 5.41) is 8.60. The monoisotopic (exact) mass is 416 g/mol. The topological polar surface area (TPSA) is 90.5 Å². The van der Waals surface area contributed by atoms with Crippen LogP contribution in [0, 0.1) is 0 Å². The quantitative estimate of drug-likeness (QED) is 0.647. The van der Waals surface area contributed by atoms with E-state index in [2.05, 4.69) is 16.0 Å². The second-order valence-electron chi connectivity index (χ2n) is 6.87. The van der Waals surface area contributed by atoms with Gasteiger partial charge in [0.2, 0.25) is 5.91 Å². The maximum absolute atomic E-state index is 12.5. The van der Waals surface area contributed by atoms with Crippen molar-refractivity contribution in [2.45, 2.75) is 26.4 Å². The van der Waals surface area contributed by atoms with Crippen molar-refractivity contribution in [1.29, 1.82) is 0 Å². The van der Waals surface area contributed by atoms with Gasteiger partial charge in [-0.1, -0.05) is 35.9 Å². The molecule has 0 aliphatic heterocycles. The second kappa shape index (κ2) is 10.5. The summed E-state index contributed by atoms with van der Waals surface area (Å²) in [6.07, 6.45) is 0. The van der Waals surface area contributed by atoms with E-state index >= 15 is 0 Å². The van der Waals surface area contributed by atoms with Gasteiger partial charge in [-0.15, -0.1) is 0 Å². The predicted molar refractivity (Wildman–Crippen MR) is 114 cm³/mol. The van der Waals surface area contributed by atoms with Crippen LogP contribution in [-0.4, -0.2) is 42.4 Å². The molecule has 0 atom stereocenters. The fourth-order valence-electron chi connectivity index (χ4n) is 2.52. The van der Waals surface area contributed by atoms with Crippen molar-refractivity contribution in [3.8, 4) is 0 Å². The average molecular weight is 417 g/mol. The number of nitrogens with zero attached hydrogens (tertiary/aromatic N) is 1. The molecule has 4 amide bonds. The van der Waals surface area contributed by atoms with Crippen molar-refractivity contribution in [3.63, 3.8) is 0 Å². The Labute approximate surface area is 175 Å². The number of carbonyl (C=O) groups excluding carboxylic acids is 3. The van der Waals surface area contributed by atoms with Crippen LogP contribution in [0.4, 0.5) is 10.5 Å². The first-order valence-electron chi connectivity index (χ1n) is 9.19. The van der Waals surface area contributed by atoms with Crippen LogP contribution in [0.1, 0.15) is 29.8 Å². The number of para-hydroxylation sites is 1. The average Bonchev–Trinajstić information content (AvgIpc) is 2.67. The third-order valence-corrected chi connectivity index (χ3v) is 4.28. The fraction of sp³-hybridized carbons (Fsp3) is 0.286. The van der Waals surface area contributed by atoms with Crippen molar-refractivity contribution < 1.29 is 14.4 Å². The van der Waals surface area contributed by atoms with Crippen molar-refractivity contribution >= 4 is 35.1 Å². The Bertz CT molecular complexity index is 868. The molecule has 0 aromatic heterocycles. The van der Waals surface area contributed by atoms with Crippen molar-refractivity contribution in [2.24, 2.45) is 0 Å². The predicted octanol–water partition coefficient (Wildman–Crippen LogP) is 3.26. The Morgan fingerprint density at radius 3 is 2.31 bits per heavy atom. The molecule has 3 N–H and O–H groups in total. The van der Waals surface area contributed by atoms with Gasteiger partial charge in [-0.2, -0.15) is 0 Å². The molecule has 0 radical (unpaired) electrons. The van der Waals surface area contributed by atoms with Gasteiger partial charge in [0.15, 0.2) is 0 Å². The Kier molecular flexibility index (Phi) is 8.03. The Balaban J connectivity index is 1.88. The first-order chi connectivity index (χ1) is 13.8. The highest BCUT2D eigenvalue weighted by molar-refractivity contribution is 6.33. The van der Waals surface area contributed by atoms with Crippen LogP contribution in [0.15, 0.2) is 48.5 Å². The normalized spacial score (nSPS) is 10.4. The van der Waals surface area contributed by atoms with Crippen LogP contribution in [0.25, 0.3) is 0 Å². The molecule has 0 fully saturated rings. The van der Waals surface area contributed by atoms with E-state index in [1.165, 1.54) is 4.90 Å². The van der Waals surface area contributed by atoms with Crippen molar-refractivity contribution in [3.05, 3.63) is 64.7 Å². The molecule has 2 rings (SSSR count). The Hall–Kier alpha value is -3.06. The standard InChI is InChI=1S/C21H25ClN4O3/c1-14(2)24-21(29)23-12-15-8-10-16(11-9-15)20(28)26(3)13-19(27)25-18-7-5-4-6-17(18)22/h4-11,14H,12-13H2,1-3H3,(H,25,27)(H2,23,24,29). The number of benzene rings is 2. The van der Waals surface area contributed by atoms with E-state index in [0.717, 1.165) is 5.56 Å². The summed E-state index contributed by atoms with van der Waals surface area (Å²) in [5.41, 5.74) is 1.81. The molecule has 0 saturated heterocycles. The third kappa shape index (κ3) is 7.12. The zero-order valence-corrected chi connectivity index (χ0v) is 17.4. The van der Waals surface area contributed by atoms with Gasteiger partial charge >= 0.3 is 6.03 Å². The zero-order chi connectivity index (χ0) is 21.4. The molecule has 2 aromatic rings. The lowest BCUT2D eigenvalue weighted by atomic mass is 10.1. The second-order valence-corrected chi connectivity index (χ2v) is 7.28. The van der Waals surface area contributed by atoms with E-state index in [-0.39, 0.29) is 30.4 Å². The molecule has 0 aliphatic carbocycles. The van der Waals surface area contributed by atoms with Gasteiger partial charge in [-0.25, -0.2) is 4.79 Å². The van der Waals surface area contributed by atoms with E-state index in [1.54, 1.807) is 55.6 Å². The van der Waals surface area contributed by atoms with E-state index in [9.17, 15) is 14.4 Å². The molecule has 8 heteroatoms. The number of amides is 4. The number of carbonyl (C=O) groups is 3. The van der Waals surface area contributed by atoms with Gasteiger partial charge in [0.05, 0.1) is 17.3 Å². The Morgan fingerprint density at radius 1 is 1.03 bits per heavy atom. The molecule has 7 nitrogen and oxygen atoms in total. The SMILES string of the molecule is CC(C)NC(=O)NCc1ccc(C(=O)N(C)CC(=O)Nc2ccccc2Cl)cc1. The lowest BCUT2D eigenvalue weighted by Gasteiger charge is -2.17. The van der Waals surface area contributed by atoms with E-state index in [4.69, 9.17) is 11.6 Å². The number of anilines is 1. The molecular weight excluding hydrogens is 392 g/mol. The van der Waals surface area contributed by atoms with Gasteiger partial charge < -0.3 is 20.9 Å². The minimum atomic E-state index is -0.342. The molecule has 154 valence electrons. The van der Waals surface area contributed by atoms with Crippen LogP contribution < -0.4 is 16.0 Å². The molecular formula is C21H25ClN4O3. The van der Waals surface area contributed by atoms with Crippen molar-refractivity contribution in [2.75, 3.05) is 18.9 Å². The molecule has 29 heavy (non-hydrogen) atoms.